The van der Waals surface area contributed by atoms with E-state index in [4.69, 9.17) is 5.73 Å². The van der Waals surface area contributed by atoms with Gasteiger partial charge in [-0.2, -0.15) is 5.10 Å². The van der Waals surface area contributed by atoms with Gasteiger partial charge in [0.25, 0.3) is 0 Å². The number of hydrogen-bond donors (Lipinski definition) is 2. The molecule has 0 spiro atoms. The summed E-state index contributed by atoms with van der Waals surface area (Å²) in [5, 5.41) is 6.75. The Bertz CT molecular complexity index is 429. The molecular formula is C11H17N5. The van der Waals surface area contributed by atoms with Crippen LogP contribution in [0.5, 0.6) is 0 Å². The zero-order valence-corrected chi connectivity index (χ0v) is 9.59. The zero-order valence-electron chi connectivity index (χ0n) is 9.59. The van der Waals surface area contributed by atoms with E-state index in [2.05, 4.69) is 29.0 Å². The minimum Gasteiger partial charge on any atom is -0.330 e. The highest BCUT2D eigenvalue weighted by molar-refractivity contribution is 5.29. The van der Waals surface area contributed by atoms with Crippen LogP contribution in [0.25, 0.3) is 5.69 Å². The van der Waals surface area contributed by atoms with Crippen molar-refractivity contribution in [1.29, 1.82) is 0 Å². The van der Waals surface area contributed by atoms with Gasteiger partial charge in [0.1, 0.15) is 0 Å². The van der Waals surface area contributed by atoms with E-state index in [1.54, 1.807) is 12.5 Å². The van der Waals surface area contributed by atoms with E-state index >= 15 is 0 Å². The Morgan fingerprint density at radius 2 is 2.25 bits per heavy atom. The van der Waals surface area contributed by atoms with Gasteiger partial charge in [0.05, 0.1) is 18.2 Å². The molecule has 0 aliphatic rings. The molecular weight excluding hydrogens is 202 g/mol. The third-order valence-corrected chi connectivity index (χ3v) is 2.87. The number of nitrogens with zero attached hydrogens (tertiary/aromatic N) is 3. The first-order valence-corrected chi connectivity index (χ1v) is 5.45. The third-order valence-electron chi connectivity index (χ3n) is 2.87. The summed E-state index contributed by atoms with van der Waals surface area (Å²) in [4.78, 5) is 4.20. The van der Waals surface area contributed by atoms with Crippen molar-refractivity contribution < 1.29 is 0 Å². The van der Waals surface area contributed by atoms with Crippen molar-refractivity contribution in [3.05, 3.63) is 30.6 Å². The lowest BCUT2D eigenvalue weighted by molar-refractivity contribution is 0.490. The molecule has 0 saturated carbocycles. The summed E-state index contributed by atoms with van der Waals surface area (Å²) < 4.78 is 2.03. The molecule has 2 rings (SSSR count). The van der Waals surface area contributed by atoms with E-state index in [0.717, 1.165) is 11.4 Å². The second kappa shape index (κ2) is 4.49. The van der Waals surface area contributed by atoms with Crippen LogP contribution >= 0.6 is 0 Å². The molecule has 5 nitrogen and oxygen atoms in total. The van der Waals surface area contributed by atoms with E-state index < -0.39 is 0 Å². The summed E-state index contributed by atoms with van der Waals surface area (Å²) in [6.07, 6.45) is 7.30. The molecule has 0 aliphatic heterocycles. The Morgan fingerprint density at radius 3 is 2.81 bits per heavy atom. The summed E-state index contributed by atoms with van der Waals surface area (Å²) in [5.41, 5.74) is 7.95. The van der Waals surface area contributed by atoms with Crippen LogP contribution in [0.1, 0.15) is 25.5 Å². The molecule has 0 aromatic carbocycles. The fourth-order valence-electron chi connectivity index (χ4n) is 1.91. The Kier molecular flexibility index (Phi) is 3.05. The van der Waals surface area contributed by atoms with Crippen LogP contribution < -0.4 is 5.73 Å². The van der Waals surface area contributed by atoms with Crippen molar-refractivity contribution >= 4 is 0 Å². The molecule has 2 aromatic heterocycles. The quantitative estimate of drug-likeness (QED) is 0.814. The minimum absolute atomic E-state index is 0.317. The maximum atomic E-state index is 5.82. The number of H-pyrrole nitrogens is 1. The smallest absolute Gasteiger partial charge is 0.0995 e. The normalized spacial score (nSPS) is 13.2. The van der Waals surface area contributed by atoms with Crippen LogP contribution in [0.15, 0.2) is 24.9 Å². The van der Waals surface area contributed by atoms with Crippen LogP contribution in [0, 0.1) is 5.92 Å². The average Bonchev–Trinajstić information content (AvgIpc) is 2.86. The minimum atomic E-state index is 0.317. The lowest BCUT2D eigenvalue weighted by Crippen LogP contribution is -2.20. The van der Waals surface area contributed by atoms with Gasteiger partial charge in [-0.15, -0.1) is 0 Å². The number of nitrogens with two attached hydrogens (primary N) is 1. The zero-order chi connectivity index (χ0) is 11.5. The van der Waals surface area contributed by atoms with Crippen molar-refractivity contribution in [2.75, 3.05) is 6.54 Å². The summed E-state index contributed by atoms with van der Waals surface area (Å²) in [6, 6.07) is 0. The lowest BCUT2D eigenvalue weighted by Gasteiger charge is -2.19. The fourth-order valence-corrected chi connectivity index (χ4v) is 1.91. The molecule has 1 unspecified atom stereocenters. The molecule has 0 aliphatic carbocycles. The summed E-state index contributed by atoms with van der Waals surface area (Å²) in [5.74, 6) is 0.810. The average molecular weight is 219 g/mol. The molecule has 0 radical (unpaired) electrons. The van der Waals surface area contributed by atoms with Crippen LogP contribution in [-0.2, 0) is 0 Å². The van der Waals surface area contributed by atoms with Crippen molar-refractivity contribution in [2.24, 2.45) is 11.7 Å². The standard InChI is InChI=1S/C11H17N5/c1-8(2)10(3-12)11-6-13-7-16(11)9-4-14-15-5-9/h4-8,10H,3,12H2,1-2H3,(H,14,15). The van der Waals surface area contributed by atoms with Gasteiger partial charge in [0.2, 0.25) is 0 Å². The summed E-state index contributed by atoms with van der Waals surface area (Å²) in [6.45, 7) is 4.97. The first-order chi connectivity index (χ1) is 7.74. The van der Waals surface area contributed by atoms with E-state index in [-0.39, 0.29) is 0 Å². The summed E-state index contributed by atoms with van der Waals surface area (Å²) in [7, 11) is 0. The molecule has 16 heavy (non-hydrogen) atoms. The second-order valence-corrected chi connectivity index (χ2v) is 4.23. The van der Waals surface area contributed by atoms with Gasteiger partial charge >= 0.3 is 0 Å². The Balaban J connectivity index is 2.39. The van der Waals surface area contributed by atoms with Crippen molar-refractivity contribution in [2.45, 2.75) is 19.8 Å². The van der Waals surface area contributed by atoms with E-state index in [0.29, 0.717) is 18.4 Å². The largest absolute Gasteiger partial charge is 0.330 e. The first-order valence-electron chi connectivity index (χ1n) is 5.45. The van der Waals surface area contributed by atoms with Gasteiger partial charge < -0.3 is 5.73 Å². The van der Waals surface area contributed by atoms with E-state index in [1.807, 2.05) is 17.0 Å². The maximum absolute atomic E-state index is 5.82. The van der Waals surface area contributed by atoms with Crippen LogP contribution in [0.4, 0.5) is 0 Å². The van der Waals surface area contributed by atoms with Crippen molar-refractivity contribution in [1.82, 2.24) is 19.7 Å². The molecule has 5 heteroatoms. The number of rotatable bonds is 4. The Labute approximate surface area is 94.7 Å². The molecule has 86 valence electrons. The molecule has 3 N–H and O–H groups in total. The topological polar surface area (TPSA) is 72.5 Å². The molecule has 0 fully saturated rings. The van der Waals surface area contributed by atoms with E-state index in [9.17, 15) is 0 Å². The highest BCUT2D eigenvalue weighted by atomic mass is 15.1. The molecule has 0 saturated heterocycles. The van der Waals surface area contributed by atoms with Crippen LogP contribution in [0.2, 0.25) is 0 Å². The predicted molar refractivity (Wildman–Crippen MR) is 62.3 cm³/mol. The monoisotopic (exact) mass is 219 g/mol. The maximum Gasteiger partial charge on any atom is 0.0995 e. The van der Waals surface area contributed by atoms with Gasteiger partial charge in [-0.25, -0.2) is 4.98 Å². The van der Waals surface area contributed by atoms with Crippen molar-refractivity contribution in [3.63, 3.8) is 0 Å². The number of aromatic amines is 1. The number of nitrogens with one attached hydrogen (secondary N) is 1. The van der Waals surface area contributed by atoms with Gasteiger partial charge in [-0.3, -0.25) is 9.67 Å². The molecule has 0 bridgehead atoms. The van der Waals surface area contributed by atoms with Crippen molar-refractivity contribution in [3.8, 4) is 5.69 Å². The number of imidazole rings is 1. The second-order valence-electron chi connectivity index (χ2n) is 4.23. The molecule has 2 aromatic rings. The number of hydrogen-bond acceptors (Lipinski definition) is 3. The lowest BCUT2D eigenvalue weighted by atomic mass is 9.93. The highest BCUT2D eigenvalue weighted by Crippen LogP contribution is 2.24. The van der Waals surface area contributed by atoms with E-state index in [1.165, 1.54) is 0 Å². The molecule has 1 atom stereocenters. The highest BCUT2D eigenvalue weighted by Gasteiger charge is 2.18. The predicted octanol–water partition coefficient (Wildman–Crippen LogP) is 1.29. The SMILES string of the molecule is CC(C)C(CN)c1cncn1-c1cn[nH]c1. The Hall–Kier alpha value is -1.62. The van der Waals surface area contributed by atoms with Gasteiger partial charge in [0, 0.05) is 30.6 Å². The van der Waals surface area contributed by atoms with Gasteiger partial charge in [-0.05, 0) is 5.92 Å². The van der Waals surface area contributed by atoms with Crippen LogP contribution in [-0.4, -0.2) is 26.3 Å². The fraction of sp³-hybridized carbons (Fsp3) is 0.455. The number of aromatic nitrogens is 4. The van der Waals surface area contributed by atoms with Gasteiger partial charge in [0.15, 0.2) is 0 Å². The third kappa shape index (κ3) is 1.86. The van der Waals surface area contributed by atoms with Gasteiger partial charge in [-0.1, -0.05) is 13.8 Å². The summed E-state index contributed by atoms with van der Waals surface area (Å²) >= 11 is 0. The molecule has 2 heterocycles. The Morgan fingerprint density at radius 1 is 1.44 bits per heavy atom. The first kappa shape index (κ1) is 10.9. The van der Waals surface area contributed by atoms with Crippen LogP contribution in [0.3, 0.4) is 0 Å². The molecule has 0 amide bonds.